The van der Waals surface area contributed by atoms with Gasteiger partial charge in [-0.05, 0) is 74.4 Å². The van der Waals surface area contributed by atoms with Gasteiger partial charge in [-0.15, -0.1) is 11.8 Å². The monoisotopic (exact) mass is 476 g/mol. The van der Waals surface area contributed by atoms with Gasteiger partial charge in [-0.25, -0.2) is 0 Å². The molecule has 0 bridgehead atoms. The number of amides is 2. The lowest BCUT2D eigenvalue weighted by molar-refractivity contribution is -0.141. The Morgan fingerprint density at radius 1 is 1.09 bits per heavy atom. The predicted molar refractivity (Wildman–Crippen MR) is 132 cm³/mol. The summed E-state index contributed by atoms with van der Waals surface area (Å²) in [7, 11) is 1.62. The van der Waals surface area contributed by atoms with Gasteiger partial charge in [-0.3, -0.25) is 9.59 Å². The van der Waals surface area contributed by atoms with Crippen molar-refractivity contribution < 1.29 is 14.3 Å². The number of hydrogen-bond donors (Lipinski definition) is 1. The first kappa shape index (κ1) is 26.1. The zero-order chi connectivity index (χ0) is 23.5. The van der Waals surface area contributed by atoms with Crippen LogP contribution in [0.1, 0.15) is 45.6 Å². The number of thioether (sulfide) groups is 1. The average Bonchev–Trinajstić information content (AvgIpc) is 2.77. The Labute approximate surface area is 200 Å². The number of ether oxygens (including phenoxy) is 1. The Balaban J connectivity index is 2.05. The van der Waals surface area contributed by atoms with Gasteiger partial charge in [0, 0.05) is 28.9 Å². The first-order valence-corrected chi connectivity index (χ1v) is 12.3. The SMILES string of the molecule is CC[C@H](C(=O)NC(C)C)N(Cc1ccc(OC)cc1)C(=O)CCCSc1ccc(Cl)cc1. The van der Waals surface area contributed by atoms with Crippen LogP contribution in [0.15, 0.2) is 53.4 Å². The van der Waals surface area contributed by atoms with Crippen molar-refractivity contribution >= 4 is 35.2 Å². The van der Waals surface area contributed by atoms with Gasteiger partial charge in [-0.1, -0.05) is 30.7 Å². The summed E-state index contributed by atoms with van der Waals surface area (Å²) >= 11 is 7.63. The van der Waals surface area contributed by atoms with E-state index in [2.05, 4.69) is 5.32 Å². The average molecular weight is 477 g/mol. The van der Waals surface area contributed by atoms with Crippen molar-refractivity contribution in [2.24, 2.45) is 0 Å². The molecule has 0 unspecified atom stereocenters. The number of carbonyl (C=O) groups excluding carboxylic acids is 2. The molecule has 2 amide bonds. The van der Waals surface area contributed by atoms with Crippen LogP contribution in [0, 0.1) is 0 Å². The molecule has 174 valence electrons. The molecule has 1 N–H and O–H groups in total. The molecule has 0 fully saturated rings. The molecule has 0 radical (unpaired) electrons. The van der Waals surface area contributed by atoms with E-state index < -0.39 is 6.04 Å². The smallest absolute Gasteiger partial charge is 0.243 e. The molecule has 7 heteroatoms. The third kappa shape index (κ3) is 8.40. The van der Waals surface area contributed by atoms with Crippen molar-refractivity contribution in [1.29, 1.82) is 0 Å². The summed E-state index contributed by atoms with van der Waals surface area (Å²) in [4.78, 5) is 28.9. The van der Waals surface area contributed by atoms with E-state index in [0.29, 0.717) is 24.4 Å². The molecule has 2 aromatic carbocycles. The van der Waals surface area contributed by atoms with Gasteiger partial charge in [-0.2, -0.15) is 0 Å². The lowest BCUT2D eigenvalue weighted by Gasteiger charge is -2.31. The Kier molecular flexibility index (Phi) is 10.9. The normalized spacial score (nSPS) is 11.8. The van der Waals surface area contributed by atoms with E-state index in [4.69, 9.17) is 16.3 Å². The molecule has 0 aliphatic rings. The third-order valence-electron chi connectivity index (χ3n) is 4.95. The van der Waals surface area contributed by atoms with Crippen molar-refractivity contribution in [2.75, 3.05) is 12.9 Å². The van der Waals surface area contributed by atoms with E-state index in [1.165, 1.54) is 0 Å². The minimum Gasteiger partial charge on any atom is -0.497 e. The van der Waals surface area contributed by atoms with Crippen LogP contribution >= 0.6 is 23.4 Å². The summed E-state index contributed by atoms with van der Waals surface area (Å²) in [5.41, 5.74) is 0.963. The molecule has 1 atom stereocenters. The standard InChI is InChI=1S/C25H33ClN2O3S/c1-5-23(25(30)27-18(2)3)28(17-19-8-12-21(31-4)13-9-19)24(29)7-6-16-32-22-14-10-20(26)11-15-22/h8-15,18,23H,5-7,16-17H2,1-4H3,(H,27,30)/t23-/m1/s1. The van der Waals surface area contributed by atoms with E-state index >= 15 is 0 Å². The second kappa shape index (κ2) is 13.4. The number of hydrogen-bond acceptors (Lipinski definition) is 4. The van der Waals surface area contributed by atoms with Crippen molar-refractivity contribution in [1.82, 2.24) is 10.2 Å². The van der Waals surface area contributed by atoms with Crippen LogP contribution in [-0.4, -0.2) is 41.7 Å². The Morgan fingerprint density at radius 3 is 2.31 bits per heavy atom. The number of halogens is 1. The fourth-order valence-corrected chi connectivity index (χ4v) is 4.29. The minimum absolute atomic E-state index is 0.0109. The lowest BCUT2D eigenvalue weighted by atomic mass is 10.1. The maximum absolute atomic E-state index is 13.2. The van der Waals surface area contributed by atoms with Crippen LogP contribution in [0.4, 0.5) is 0 Å². The van der Waals surface area contributed by atoms with Crippen molar-refractivity contribution in [3.8, 4) is 5.75 Å². The molecular formula is C25H33ClN2O3S. The molecule has 2 aromatic rings. The van der Waals surface area contributed by atoms with E-state index in [1.54, 1.807) is 23.8 Å². The van der Waals surface area contributed by atoms with Gasteiger partial charge in [0.1, 0.15) is 11.8 Å². The summed E-state index contributed by atoms with van der Waals surface area (Å²) < 4.78 is 5.23. The van der Waals surface area contributed by atoms with Crippen molar-refractivity contribution in [3.63, 3.8) is 0 Å². The van der Waals surface area contributed by atoms with Gasteiger partial charge >= 0.3 is 0 Å². The quantitative estimate of drug-likeness (QED) is 0.322. The first-order valence-electron chi connectivity index (χ1n) is 10.9. The molecule has 32 heavy (non-hydrogen) atoms. The van der Waals surface area contributed by atoms with Crippen LogP contribution in [0.3, 0.4) is 0 Å². The molecule has 2 rings (SSSR count). The van der Waals surface area contributed by atoms with Gasteiger partial charge in [0.2, 0.25) is 11.8 Å². The van der Waals surface area contributed by atoms with Crippen molar-refractivity contribution in [2.45, 2.75) is 63.6 Å². The highest BCUT2D eigenvalue weighted by molar-refractivity contribution is 7.99. The van der Waals surface area contributed by atoms with E-state index in [0.717, 1.165) is 28.4 Å². The highest BCUT2D eigenvalue weighted by Crippen LogP contribution is 2.22. The number of carbonyl (C=O) groups is 2. The second-order valence-corrected chi connectivity index (χ2v) is 9.47. The molecule has 0 aromatic heterocycles. The largest absolute Gasteiger partial charge is 0.497 e. The highest BCUT2D eigenvalue weighted by atomic mass is 35.5. The summed E-state index contributed by atoms with van der Waals surface area (Å²) in [6, 6.07) is 14.8. The Morgan fingerprint density at radius 2 is 1.75 bits per heavy atom. The molecular weight excluding hydrogens is 444 g/mol. The minimum atomic E-state index is -0.504. The molecule has 0 aliphatic carbocycles. The summed E-state index contributed by atoms with van der Waals surface area (Å²) in [5, 5.41) is 3.67. The maximum Gasteiger partial charge on any atom is 0.243 e. The summed E-state index contributed by atoms with van der Waals surface area (Å²) in [6.45, 7) is 6.18. The maximum atomic E-state index is 13.2. The number of nitrogens with one attached hydrogen (secondary N) is 1. The molecule has 0 aliphatic heterocycles. The molecule has 0 saturated heterocycles. The zero-order valence-electron chi connectivity index (χ0n) is 19.3. The van der Waals surface area contributed by atoms with Crippen LogP contribution < -0.4 is 10.1 Å². The fourth-order valence-electron chi connectivity index (χ4n) is 3.32. The second-order valence-electron chi connectivity index (χ2n) is 7.86. The molecule has 0 spiro atoms. The topological polar surface area (TPSA) is 58.6 Å². The number of nitrogens with zero attached hydrogens (tertiary/aromatic N) is 1. The van der Waals surface area contributed by atoms with Crippen molar-refractivity contribution in [3.05, 3.63) is 59.1 Å². The lowest BCUT2D eigenvalue weighted by Crippen LogP contribution is -2.50. The molecule has 5 nitrogen and oxygen atoms in total. The van der Waals surface area contributed by atoms with E-state index in [9.17, 15) is 9.59 Å². The van der Waals surface area contributed by atoms with Gasteiger partial charge in [0.25, 0.3) is 0 Å². The number of rotatable bonds is 12. The Hall–Kier alpha value is -2.18. The van der Waals surface area contributed by atoms with Crippen LogP contribution in [0.5, 0.6) is 5.75 Å². The van der Waals surface area contributed by atoms with Gasteiger partial charge in [0.05, 0.1) is 7.11 Å². The van der Waals surface area contributed by atoms with Crippen LogP contribution in [-0.2, 0) is 16.1 Å². The fraction of sp³-hybridized carbons (Fsp3) is 0.440. The number of methoxy groups -OCH3 is 1. The summed E-state index contributed by atoms with van der Waals surface area (Å²) in [5.74, 6) is 1.46. The summed E-state index contributed by atoms with van der Waals surface area (Å²) in [6.07, 6.45) is 1.68. The van der Waals surface area contributed by atoms with Crippen LogP contribution in [0.2, 0.25) is 5.02 Å². The molecule has 0 saturated carbocycles. The predicted octanol–water partition coefficient (Wildman–Crippen LogP) is 5.55. The van der Waals surface area contributed by atoms with E-state index in [1.807, 2.05) is 69.3 Å². The zero-order valence-corrected chi connectivity index (χ0v) is 20.8. The number of benzene rings is 2. The third-order valence-corrected chi connectivity index (χ3v) is 6.30. The first-order chi connectivity index (χ1) is 15.3. The highest BCUT2D eigenvalue weighted by Gasteiger charge is 2.28. The van der Waals surface area contributed by atoms with Gasteiger partial charge < -0.3 is 15.0 Å². The van der Waals surface area contributed by atoms with Crippen LogP contribution in [0.25, 0.3) is 0 Å². The Bertz CT molecular complexity index is 856. The van der Waals surface area contributed by atoms with Gasteiger partial charge in [0.15, 0.2) is 0 Å². The molecule has 0 heterocycles. The van der Waals surface area contributed by atoms with E-state index in [-0.39, 0.29) is 17.9 Å².